The van der Waals surface area contributed by atoms with Crippen molar-refractivity contribution in [2.45, 2.75) is 25.8 Å². The van der Waals surface area contributed by atoms with Gasteiger partial charge in [-0.25, -0.2) is 0 Å². The van der Waals surface area contributed by atoms with Gasteiger partial charge in [-0.2, -0.15) is 0 Å². The first kappa shape index (κ1) is 9.01. The first-order chi connectivity index (χ1) is 5.22. The van der Waals surface area contributed by atoms with Crippen molar-refractivity contribution in [2.24, 2.45) is 5.92 Å². The van der Waals surface area contributed by atoms with E-state index >= 15 is 0 Å². The molecule has 1 atom stereocenters. The Kier molecular flexibility index (Phi) is 3.34. The van der Waals surface area contributed by atoms with Gasteiger partial charge in [-0.05, 0) is 52.9 Å². The second kappa shape index (κ2) is 4.07. The minimum atomic E-state index is 0.747. The Balaban J connectivity index is 2.32. The van der Waals surface area contributed by atoms with E-state index in [2.05, 4.69) is 31.2 Å². The molecule has 0 spiro atoms. The second-order valence-corrected chi connectivity index (χ2v) is 3.79. The zero-order valence-electron chi connectivity index (χ0n) is 7.93. The monoisotopic (exact) mass is 156 g/mol. The molecule has 1 aliphatic rings. The largest absolute Gasteiger partial charge is 0.317 e. The Bertz CT molecular complexity index is 106. The Morgan fingerprint density at radius 3 is 2.27 bits per heavy atom. The van der Waals surface area contributed by atoms with Crippen LogP contribution in [0.1, 0.15) is 19.8 Å². The summed E-state index contributed by atoms with van der Waals surface area (Å²) >= 11 is 0. The summed E-state index contributed by atoms with van der Waals surface area (Å²) in [6.45, 7) is 4.75. The van der Waals surface area contributed by atoms with Crippen LogP contribution in [0.5, 0.6) is 0 Å². The van der Waals surface area contributed by atoms with Crippen LogP contribution in [0.25, 0.3) is 0 Å². The number of hydrogen-bond donors (Lipinski definition) is 1. The first-order valence-electron chi connectivity index (χ1n) is 4.59. The lowest BCUT2D eigenvalue weighted by Crippen LogP contribution is -2.39. The molecule has 2 heteroatoms. The van der Waals surface area contributed by atoms with Crippen LogP contribution in [0.3, 0.4) is 0 Å². The van der Waals surface area contributed by atoms with Crippen LogP contribution in [0, 0.1) is 5.92 Å². The molecular formula is C9H20N2. The number of rotatable bonds is 2. The fourth-order valence-corrected chi connectivity index (χ4v) is 1.75. The van der Waals surface area contributed by atoms with Gasteiger partial charge in [-0.1, -0.05) is 0 Å². The van der Waals surface area contributed by atoms with Crippen molar-refractivity contribution in [3.63, 3.8) is 0 Å². The molecule has 1 fully saturated rings. The maximum Gasteiger partial charge on any atom is 0.00900 e. The van der Waals surface area contributed by atoms with Crippen LogP contribution in [0.4, 0.5) is 0 Å². The highest BCUT2D eigenvalue weighted by molar-refractivity contribution is 4.76. The van der Waals surface area contributed by atoms with Crippen molar-refractivity contribution < 1.29 is 0 Å². The predicted molar refractivity (Wildman–Crippen MR) is 48.7 cm³/mol. The number of hydrogen-bond acceptors (Lipinski definition) is 2. The molecule has 11 heavy (non-hydrogen) atoms. The third-order valence-corrected chi connectivity index (χ3v) is 2.88. The Morgan fingerprint density at radius 2 is 1.82 bits per heavy atom. The first-order valence-corrected chi connectivity index (χ1v) is 4.59. The van der Waals surface area contributed by atoms with Gasteiger partial charge in [0.2, 0.25) is 0 Å². The van der Waals surface area contributed by atoms with E-state index < -0.39 is 0 Å². The highest BCUT2D eigenvalue weighted by atomic mass is 15.1. The normalized spacial score (nSPS) is 24.0. The average Bonchev–Trinajstić information content (AvgIpc) is 2.05. The van der Waals surface area contributed by atoms with E-state index in [9.17, 15) is 0 Å². The Morgan fingerprint density at radius 1 is 1.27 bits per heavy atom. The van der Waals surface area contributed by atoms with Crippen LogP contribution in [0.15, 0.2) is 0 Å². The lowest BCUT2D eigenvalue weighted by atomic mass is 9.91. The quantitative estimate of drug-likeness (QED) is 0.640. The lowest BCUT2D eigenvalue weighted by molar-refractivity contribution is 0.191. The summed E-state index contributed by atoms with van der Waals surface area (Å²) < 4.78 is 0. The molecular weight excluding hydrogens is 136 g/mol. The SMILES string of the molecule is C[C@H](C1CCNCC1)N(C)C. The standard InChI is InChI=1S/C9H20N2/c1-8(11(2)3)9-4-6-10-7-5-9/h8-10H,4-7H2,1-3H3/t8-/m1/s1. The van der Waals surface area contributed by atoms with Crippen LogP contribution >= 0.6 is 0 Å². The molecule has 1 aliphatic heterocycles. The fourth-order valence-electron chi connectivity index (χ4n) is 1.75. The Labute approximate surface area is 70.0 Å². The number of nitrogens with zero attached hydrogens (tertiary/aromatic N) is 1. The third kappa shape index (κ3) is 2.46. The highest BCUT2D eigenvalue weighted by Gasteiger charge is 2.20. The second-order valence-electron chi connectivity index (χ2n) is 3.79. The van der Waals surface area contributed by atoms with Crippen LogP contribution in [-0.2, 0) is 0 Å². The molecule has 0 aliphatic carbocycles. The number of nitrogens with one attached hydrogen (secondary N) is 1. The van der Waals surface area contributed by atoms with Crippen LogP contribution < -0.4 is 5.32 Å². The summed E-state index contributed by atoms with van der Waals surface area (Å²) in [6, 6.07) is 0.747. The van der Waals surface area contributed by atoms with Crippen molar-refractivity contribution in [1.29, 1.82) is 0 Å². The fraction of sp³-hybridized carbons (Fsp3) is 1.00. The van der Waals surface area contributed by atoms with Gasteiger partial charge in [0, 0.05) is 6.04 Å². The van der Waals surface area contributed by atoms with E-state index in [1.807, 2.05) is 0 Å². The lowest BCUT2D eigenvalue weighted by Gasteiger charge is -2.32. The molecule has 0 aromatic heterocycles. The van der Waals surface area contributed by atoms with E-state index in [-0.39, 0.29) is 0 Å². The molecule has 1 saturated heterocycles. The van der Waals surface area contributed by atoms with Crippen molar-refractivity contribution in [3.8, 4) is 0 Å². The van der Waals surface area contributed by atoms with Gasteiger partial charge in [0.05, 0.1) is 0 Å². The minimum absolute atomic E-state index is 0.747. The van der Waals surface area contributed by atoms with Crippen LogP contribution in [0.2, 0.25) is 0 Å². The molecule has 1 rings (SSSR count). The molecule has 0 amide bonds. The molecule has 0 unspecified atom stereocenters. The molecule has 2 nitrogen and oxygen atoms in total. The molecule has 0 aromatic carbocycles. The molecule has 0 radical (unpaired) electrons. The molecule has 0 saturated carbocycles. The van der Waals surface area contributed by atoms with Gasteiger partial charge in [0.25, 0.3) is 0 Å². The summed E-state index contributed by atoms with van der Waals surface area (Å²) in [5, 5.41) is 3.39. The topological polar surface area (TPSA) is 15.3 Å². The smallest absolute Gasteiger partial charge is 0.00900 e. The van der Waals surface area contributed by atoms with Gasteiger partial charge >= 0.3 is 0 Å². The minimum Gasteiger partial charge on any atom is -0.317 e. The maximum absolute atomic E-state index is 3.39. The van der Waals surface area contributed by atoms with Gasteiger partial charge in [0.15, 0.2) is 0 Å². The number of piperidine rings is 1. The van der Waals surface area contributed by atoms with Gasteiger partial charge in [-0.3, -0.25) is 0 Å². The van der Waals surface area contributed by atoms with Crippen molar-refractivity contribution in [1.82, 2.24) is 10.2 Å². The van der Waals surface area contributed by atoms with Crippen molar-refractivity contribution in [3.05, 3.63) is 0 Å². The molecule has 66 valence electrons. The van der Waals surface area contributed by atoms with Crippen molar-refractivity contribution in [2.75, 3.05) is 27.2 Å². The van der Waals surface area contributed by atoms with E-state index in [0.717, 1.165) is 12.0 Å². The summed E-state index contributed by atoms with van der Waals surface area (Å²) in [5.41, 5.74) is 0. The van der Waals surface area contributed by atoms with Crippen molar-refractivity contribution >= 4 is 0 Å². The maximum atomic E-state index is 3.39. The summed E-state index contributed by atoms with van der Waals surface area (Å²) in [7, 11) is 4.35. The van der Waals surface area contributed by atoms with Gasteiger partial charge in [-0.15, -0.1) is 0 Å². The van der Waals surface area contributed by atoms with E-state index in [4.69, 9.17) is 0 Å². The zero-order valence-corrected chi connectivity index (χ0v) is 7.93. The summed E-state index contributed by atoms with van der Waals surface area (Å²) in [6.07, 6.45) is 2.69. The van der Waals surface area contributed by atoms with E-state index in [0.29, 0.717) is 0 Å². The molecule has 1 heterocycles. The predicted octanol–water partition coefficient (Wildman–Crippen LogP) is 0.936. The van der Waals surface area contributed by atoms with Gasteiger partial charge in [0.1, 0.15) is 0 Å². The molecule has 0 aromatic rings. The van der Waals surface area contributed by atoms with Gasteiger partial charge < -0.3 is 10.2 Å². The Hall–Kier alpha value is -0.0800. The van der Waals surface area contributed by atoms with E-state index in [1.165, 1.54) is 25.9 Å². The highest BCUT2D eigenvalue weighted by Crippen LogP contribution is 2.18. The third-order valence-electron chi connectivity index (χ3n) is 2.88. The summed E-state index contributed by atoms with van der Waals surface area (Å²) in [5.74, 6) is 0.909. The summed E-state index contributed by atoms with van der Waals surface area (Å²) in [4.78, 5) is 2.33. The van der Waals surface area contributed by atoms with E-state index in [1.54, 1.807) is 0 Å². The molecule has 1 N–H and O–H groups in total. The zero-order chi connectivity index (χ0) is 8.27. The average molecular weight is 156 g/mol. The van der Waals surface area contributed by atoms with Crippen LogP contribution in [-0.4, -0.2) is 38.1 Å². The molecule has 0 bridgehead atoms.